The Morgan fingerprint density at radius 3 is 2.67 bits per heavy atom. The number of carbonyl (C=O) groups is 1. The maximum Gasteiger partial charge on any atom is 0.411 e. The molecule has 0 aliphatic rings. The highest BCUT2D eigenvalue weighted by Gasteiger charge is 2.20. The Bertz CT molecular complexity index is 553. The molecule has 1 amide bonds. The molecule has 0 fully saturated rings. The number of nitrogens with zero attached hydrogens (tertiary/aromatic N) is 1. The van der Waals surface area contributed by atoms with E-state index in [1.165, 1.54) is 4.90 Å². The zero-order valence-corrected chi connectivity index (χ0v) is 13.4. The van der Waals surface area contributed by atoms with Crippen molar-refractivity contribution >= 4 is 23.8 Å². The van der Waals surface area contributed by atoms with E-state index < -0.39 is 11.7 Å². The zero-order chi connectivity index (χ0) is 15.9. The second-order valence-electron chi connectivity index (χ2n) is 5.49. The molecule has 1 aromatic rings. The number of benzene rings is 1. The second kappa shape index (κ2) is 7.75. The number of ether oxygens (including phenoxy) is 1. The summed E-state index contributed by atoms with van der Waals surface area (Å²) in [6.45, 7) is 6.02. The van der Waals surface area contributed by atoms with Gasteiger partial charge in [0.15, 0.2) is 0 Å². The highest BCUT2D eigenvalue weighted by molar-refractivity contribution is 6.32. The fourth-order valence-electron chi connectivity index (χ4n) is 1.56. The molecular formula is C17H20ClNO2. The van der Waals surface area contributed by atoms with Crippen LogP contribution in [-0.4, -0.2) is 29.7 Å². The Hall–Kier alpha value is -1.92. The van der Waals surface area contributed by atoms with Gasteiger partial charge in [-0.15, -0.1) is 6.42 Å². The lowest BCUT2D eigenvalue weighted by molar-refractivity contribution is 0.0296. The summed E-state index contributed by atoms with van der Waals surface area (Å²) in [6, 6.07) is 7.48. The maximum absolute atomic E-state index is 12.0. The molecule has 112 valence electrons. The molecule has 0 saturated carbocycles. The lowest BCUT2D eigenvalue weighted by Crippen LogP contribution is -2.37. The van der Waals surface area contributed by atoms with E-state index in [9.17, 15) is 4.79 Å². The van der Waals surface area contributed by atoms with Crippen molar-refractivity contribution in [1.29, 1.82) is 0 Å². The number of terminal acetylenes is 1. The van der Waals surface area contributed by atoms with Gasteiger partial charge in [-0.25, -0.2) is 4.79 Å². The molecule has 3 nitrogen and oxygen atoms in total. The second-order valence-corrected chi connectivity index (χ2v) is 5.90. The van der Waals surface area contributed by atoms with Crippen LogP contribution in [0.3, 0.4) is 0 Å². The van der Waals surface area contributed by atoms with Gasteiger partial charge in [0, 0.05) is 11.6 Å². The fourth-order valence-corrected chi connectivity index (χ4v) is 1.76. The van der Waals surface area contributed by atoms with Gasteiger partial charge in [0.05, 0.1) is 6.54 Å². The van der Waals surface area contributed by atoms with Crippen LogP contribution in [0, 0.1) is 12.3 Å². The summed E-state index contributed by atoms with van der Waals surface area (Å²) < 4.78 is 5.31. The monoisotopic (exact) mass is 305 g/mol. The van der Waals surface area contributed by atoms with E-state index in [2.05, 4.69) is 5.92 Å². The first-order valence-corrected chi connectivity index (χ1v) is 7.04. The normalized spacial score (nSPS) is 11.2. The van der Waals surface area contributed by atoms with Gasteiger partial charge in [0.2, 0.25) is 0 Å². The van der Waals surface area contributed by atoms with E-state index in [1.807, 2.05) is 57.2 Å². The van der Waals surface area contributed by atoms with E-state index in [-0.39, 0.29) is 6.54 Å². The minimum absolute atomic E-state index is 0.196. The van der Waals surface area contributed by atoms with Crippen LogP contribution in [-0.2, 0) is 4.74 Å². The lowest BCUT2D eigenvalue weighted by Gasteiger charge is -2.25. The molecule has 0 atom stereocenters. The summed E-state index contributed by atoms with van der Waals surface area (Å²) in [6.07, 6.45) is 8.56. The molecule has 1 rings (SSSR count). The first kappa shape index (κ1) is 17.1. The molecule has 4 heteroatoms. The number of rotatable bonds is 4. The van der Waals surface area contributed by atoms with Gasteiger partial charge in [-0.05, 0) is 32.4 Å². The summed E-state index contributed by atoms with van der Waals surface area (Å²) in [5, 5.41) is 0.662. The Kier molecular flexibility index (Phi) is 6.33. The van der Waals surface area contributed by atoms with E-state index in [0.717, 1.165) is 5.56 Å². The molecule has 0 heterocycles. The minimum Gasteiger partial charge on any atom is -0.444 e. The molecule has 1 aromatic carbocycles. The molecule has 0 radical (unpaired) electrons. The van der Waals surface area contributed by atoms with Crippen molar-refractivity contribution in [3.63, 3.8) is 0 Å². The van der Waals surface area contributed by atoms with E-state index in [0.29, 0.717) is 11.6 Å². The van der Waals surface area contributed by atoms with Gasteiger partial charge in [-0.1, -0.05) is 47.9 Å². The zero-order valence-electron chi connectivity index (χ0n) is 12.6. The van der Waals surface area contributed by atoms with Crippen LogP contribution in [0.15, 0.2) is 30.3 Å². The molecule has 0 saturated heterocycles. The third kappa shape index (κ3) is 6.37. The molecule has 0 aliphatic carbocycles. The summed E-state index contributed by atoms with van der Waals surface area (Å²) in [7, 11) is 0. The number of amides is 1. The van der Waals surface area contributed by atoms with E-state index in [1.54, 1.807) is 0 Å². The van der Waals surface area contributed by atoms with Crippen molar-refractivity contribution < 1.29 is 9.53 Å². The van der Waals surface area contributed by atoms with Crippen molar-refractivity contribution in [2.24, 2.45) is 0 Å². The van der Waals surface area contributed by atoms with Gasteiger partial charge >= 0.3 is 6.09 Å². The van der Waals surface area contributed by atoms with Gasteiger partial charge < -0.3 is 4.74 Å². The molecule has 0 unspecified atom stereocenters. The Balaban J connectivity index is 2.69. The number of halogens is 1. The van der Waals surface area contributed by atoms with Crippen LogP contribution < -0.4 is 0 Å². The van der Waals surface area contributed by atoms with E-state index in [4.69, 9.17) is 22.8 Å². The van der Waals surface area contributed by atoms with Gasteiger partial charge in [0.25, 0.3) is 0 Å². The van der Waals surface area contributed by atoms with Crippen molar-refractivity contribution in [3.8, 4) is 12.3 Å². The number of hydrogen-bond donors (Lipinski definition) is 0. The number of carbonyl (C=O) groups excluding carboxylic acids is 1. The average molecular weight is 306 g/mol. The molecule has 0 spiro atoms. The van der Waals surface area contributed by atoms with Crippen LogP contribution in [0.25, 0.3) is 6.08 Å². The third-order valence-electron chi connectivity index (χ3n) is 2.46. The minimum atomic E-state index is -0.545. The Morgan fingerprint density at radius 1 is 1.43 bits per heavy atom. The van der Waals surface area contributed by atoms with Crippen LogP contribution in [0.5, 0.6) is 0 Å². The third-order valence-corrected chi connectivity index (χ3v) is 2.81. The number of hydrogen-bond acceptors (Lipinski definition) is 2. The molecule has 0 N–H and O–H groups in total. The first-order chi connectivity index (χ1) is 9.83. The smallest absolute Gasteiger partial charge is 0.411 e. The fraction of sp³-hybridized carbons (Fsp3) is 0.353. The van der Waals surface area contributed by atoms with Crippen LogP contribution in [0.4, 0.5) is 4.79 Å². The summed E-state index contributed by atoms with van der Waals surface area (Å²) in [5.74, 6) is 2.46. The quantitative estimate of drug-likeness (QED) is 0.779. The molecule has 0 aromatic heterocycles. The summed E-state index contributed by atoms with van der Waals surface area (Å²) in [5.41, 5.74) is 0.347. The largest absolute Gasteiger partial charge is 0.444 e. The average Bonchev–Trinajstić information content (AvgIpc) is 2.38. The highest BCUT2D eigenvalue weighted by atomic mass is 35.5. The Morgan fingerprint density at radius 2 is 2.10 bits per heavy atom. The van der Waals surface area contributed by atoms with Crippen LogP contribution in [0.1, 0.15) is 26.3 Å². The van der Waals surface area contributed by atoms with Gasteiger partial charge in [-0.2, -0.15) is 0 Å². The van der Waals surface area contributed by atoms with Crippen molar-refractivity contribution in [2.45, 2.75) is 26.4 Å². The van der Waals surface area contributed by atoms with Crippen molar-refractivity contribution in [3.05, 3.63) is 40.9 Å². The molecular weight excluding hydrogens is 286 g/mol. The van der Waals surface area contributed by atoms with Crippen LogP contribution in [0.2, 0.25) is 5.02 Å². The van der Waals surface area contributed by atoms with Crippen LogP contribution >= 0.6 is 11.6 Å². The van der Waals surface area contributed by atoms with Crippen molar-refractivity contribution in [2.75, 3.05) is 13.1 Å². The lowest BCUT2D eigenvalue weighted by atomic mass is 10.2. The summed E-state index contributed by atoms with van der Waals surface area (Å²) >= 11 is 6.06. The van der Waals surface area contributed by atoms with E-state index >= 15 is 0 Å². The first-order valence-electron chi connectivity index (χ1n) is 6.66. The topological polar surface area (TPSA) is 29.5 Å². The standard InChI is InChI=1S/C17H20ClNO2/c1-5-12-19(16(20)21-17(2,3)4)13-8-10-14-9-6-7-11-15(14)18/h1,6-11H,12-13H2,2-4H3/b10-8+. The predicted molar refractivity (Wildman–Crippen MR) is 87.1 cm³/mol. The molecule has 21 heavy (non-hydrogen) atoms. The predicted octanol–water partition coefficient (Wildman–Crippen LogP) is 4.22. The SMILES string of the molecule is C#CCN(C/C=C/c1ccccc1Cl)C(=O)OC(C)(C)C. The Labute approximate surface area is 131 Å². The van der Waals surface area contributed by atoms with Gasteiger partial charge in [-0.3, -0.25) is 4.90 Å². The molecule has 0 aliphatic heterocycles. The molecule has 0 bridgehead atoms. The maximum atomic E-state index is 12.0. The van der Waals surface area contributed by atoms with Crippen molar-refractivity contribution in [1.82, 2.24) is 4.90 Å². The highest BCUT2D eigenvalue weighted by Crippen LogP contribution is 2.16. The van der Waals surface area contributed by atoms with Gasteiger partial charge in [0.1, 0.15) is 5.60 Å². The summed E-state index contributed by atoms with van der Waals surface area (Å²) in [4.78, 5) is 13.5.